The highest BCUT2D eigenvalue weighted by Gasteiger charge is 2.33. The minimum Gasteiger partial charge on any atom is -0.497 e. The molecule has 0 radical (unpaired) electrons. The number of ether oxygens (including phenoxy) is 2. The van der Waals surface area contributed by atoms with Gasteiger partial charge in [-0.2, -0.15) is 0 Å². The van der Waals surface area contributed by atoms with Gasteiger partial charge in [-0.05, 0) is 115 Å². The molecule has 0 amide bonds. The van der Waals surface area contributed by atoms with Crippen LogP contribution in [0.15, 0.2) is 42.5 Å². The molecule has 0 saturated heterocycles. The summed E-state index contributed by atoms with van der Waals surface area (Å²) in [6.45, 7) is 0.666. The Morgan fingerprint density at radius 2 is 1.84 bits per heavy atom. The molecule has 0 heterocycles. The van der Waals surface area contributed by atoms with Gasteiger partial charge >= 0.3 is 0 Å². The number of hydrogen-bond acceptors (Lipinski definition) is 3. The van der Waals surface area contributed by atoms with E-state index in [-0.39, 0.29) is 22.9 Å². The smallest absolute Gasteiger partial charge is 0.222 e. The quantitative estimate of drug-likeness (QED) is 0.397. The predicted molar refractivity (Wildman–Crippen MR) is 121 cm³/mol. The summed E-state index contributed by atoms with van der Waals surface area (Å²) in [5.74, 6) is 2.89. The lowest BCUT2D eigenvalue weighted by Gasteiger charge is -2.29. The zero-order valence-electron chi connectivity index (χ0n) is 18.0. The third kappa shape index (κ3) is 5.79. The fourth-order valence-corrected chi connectivity index (χ4v) is 5.05. The van der Waals surface area contributed by atoms with Crippen molar-refractivity contribution in [3.05, 3.63) is 59.4 Å². The van der Waals surface area contributed by atoms with Crippen LogP contribution in [0, 0.1) is 17.7 Å². The molecule has 2 aliphatic carbocycles. The molecule has 0 aromatic heterocycles. The summed E-state index contributed by atoms with van der Waals surface area (Å²) in [5, 5.41) is -0.271. The number of rotatable bonds is 9. The van der Waals surface area contributed by atoms with Gasteiger partial charge in [0.1, 0.15) is 17.3 Å². The molecule has 0 bridgehead atoms. The second-order valence-corrected chi connectivity index (χ2v) is 9.41. The van der Waals surface area contributed by atoms with Crippen LogP contribution in [-0.2, 0) is 4.79 Å². The van der Waals surface area contributed by atoms with Crippen LogP contribution in [0.5, 0.6) is 11.5 Å². The third-order valence-corrected chi connectivity index (χ3v) is 6.99. The van der Waals surface area contributed by atoms with E-state index in [4.69, 9.17) is 21.1 Å². The van der Waals surface area contributed by atoms with E-state index < -0.39 is 0 Å². The van der Waals surface area contributed by atoms with Crippen LogP contribution in [0.1, 0.15) is 67.9 Å². The van der Waals surface area contributed by atoms with Gasteiger partial charge in [-0.3, -0.25) is 4.79 Å². The van der Waals surface area contributed by atoms with Crippen molar-refractivity contribution in [3.63, 3.8) is 0 Å². The summed E-state index contributed by atoms with van der Waals surface area (Å²) < 4.78 is 25.7. The Morgan fingerprint density at radius 1 is 1.06 bits per heavy atom. The van der Waals surface area contributed by atoms with Crippen molar-refractivity contribution in [2.75, 3.05) is 13.7 Å². The Balaban J connectivity index is 1.31. The standard InChI is InChI=1S/C26H30ClFO3/c1-30-21-11-12-25(28)24(14-21)19-7-5-17(6-8-19)16-31-22-4-2-3-20(13-22)23(15-26(27)29)18-9-10-18/h2-4,11-14,17-19,23H,5-10,15-16H2,1H3/t17?,19?,23-/m0/s1. The van der Waals surface area contributed by atoms with E-state index in [1.165, 1.54) is 6.07 Å². The molecule has 4 rings (SSSR count). The van der Waals surface area contributed by atoms with Gasteiger partial charge in [-0.1, -0.05) is 12.1 Å². The molecule has 0 N–H and O–H groups in total. The Kier molecular flexibility index (Phi) is 7.16. The maximum atomic E-state index is 14.3. The van der Waals surface area contributed by atoms with E-state index in [0.29, 0.717) is 30.6 Å². The van der Waals surface area contributed by atoms with Crippen LogP contribution in [-0.4, -0.2) is 19.0 Å². The summed E-state index contributed by atoms with van der Waals surface area (Å²) >= 11 is 5.68. The number of methoxy groups -OCH3 is 1. The first-order valence-electron chi connectivity index (χ1n) is 11.3. The topological polar surface area (TPSA) is 35.5 Å². The summed E-state index contributed by atoms with van der Waals surface area (Å²) in [6, 6.07) is 13.1. The molecule has 2 saturated carbocycles. The van der Waals surface area contributed by atoms with Gasteiger partial charge < -0.3 is 9.47 Å². The van der Waals surface area contributed by atoms with Gasteiger partial charge in [0.25, 0.3) is 0 Å². The van der Waals surface area contributed by atoms with Crippen molar-refractivity contribution in [2.45, 2.75) is 56.8 Å². The molecular weight excluding hydrogens is 415 g/mol. The van der Waals surface area contributed by atoms with Crippen LogP contribution in [0.25, 0.3) is 0 Å². The van der Waals surface area contributed by atoms with Crippen LogP contribution >= 0.6 is 11.6 Å². The first-order valence-corrected chi connectivity index (χ1v) is 11.7. The molecule has 2 aromatic carbocycles. The van der Waals surface area contributed by atoms with Gasteiger partial charge in [0, 0.05) is 6.42 Å². The van der Waals surface area contributed by atoms with Crippen LogP contribution in [0.2, 0.25) is 0 Å². The van der Waals surface area contributed by atoms with Gasteiger partial charge in [0.2, 0.25) is 5.24 Å². The molecule has 166 valence electrons. The van der Waals surface area contributed by atoms with E-state index in [1.807, 2.05) is 18.2 Å². The van der Waals surface area contributed by atoms with Crippen molar-refractivity contribution < 1.29 is 18.7 Å². The maximum absolute atomic E-state index is 14.3. The molecule has 0 spiro atoms. The highest BCUT2D eigenvalue weighted by atomic mass is 35.5. The monoisotopic (exact) mass is 444 g/mol. The van der Waals surface area contributed by atoms with Crippen molar-refractivity contribution in [3.8, 4) is 11.5 Å². The van der Waals surface area contributed by atoms with E-state index in [9.17, 15) is 9.18 Å². The van der Waals surface area contributed by atoms with E-state index in [1.54, 1.807) is 13.2 Å². The molecule has 2 aliphatic rings. The van der Waals surface area contributed by atoms with Gasteiger partial charge in [0.15, 0.2) is 0 Å². The molecule has 0 aliphatic heterocycles. The average Bonchev–Trinajstić information content (AvgIpc) is 3.62. The lowest BCUT2D eigenvalue weighted by atomic mass is 9.79. The minimum atomic E-state index is -0.271. The predicted octanol–water partition coefficient (Wildman–Crippen LogP) is 6.84. The lowest BCUT2D eigenvalue weighted by molar-refractivity contribution is -0.112. The number of benzene rings is 2. The average molecular weight is 445 g/mol. The number of carbonyl (C=O) groups is 1. The van der Waals surface area contributed by atoms with Crippen molar-refractivity contribution >= 4 is 16.8 Å². The second-order valence-electron chi connectivity index (χ2n) is 8.99. The van der Waals surface area contributed by atoms with Crippen molar-refractivity contribution in [1.82, 2.24) is 0 Å². The zero-order chi connectivity index (χ0) is 21.8. The van der Waals surface area contributed by atoms with Crippen LogP contribution < -0.4 is 9.47 Å². The van der Waals surface area contributed by atoms with Crippen molar-refractivity contribution in [2.24, 2.45) is 11.8 Å². The second kappa shape index (κ2) is 10.0. The molecular formula is C26H30ClFO3. The highest BCUT2D eigenvalue weighted by molar-refractivity contribution is 6.63. The summed E-state index contributed by atoms with van der Waals surface area (Å²) in [7, 11) is 1.61. The van der Waals surface area contributed by atoms with Gasteiger partial charge in [-0.15, -0.1) is 0 Å². The maximum Gasteiger partial charge on any atom is 0.222 e. The zero-order valence-corrected chi connectivity index (χ0v) is 18.7. The summed E-state index contributed by atoms with van der Waals surface area (Å²) in [5.41, 5.74) is 1.91. The molecule has 1 atom stereocenters. The van der Waals surface area contributed by atoms with Gasteiger partial charge in [-0.25, -0.2) is 4.39 Å². The third-order valence-electron chi connectivity index (χ3n) is 6.83. The number of hydrogen-bond donors (Lipinski definition) is 0. The largest absolute Gasteiger partial charge is 0.497 e. The van der Waals surface area contributed by atoms with E-state index in [2.05, 4.69) is 12.1 Å². The first kappa shape index (κ1) is 22.1. The van der Waals surface area contributed by atoms with Crippen molar-refractivity contribution in [1.29, 1.82) is 0 Å². The number of carbonyl (C=O) groups excluding carboxylic acids is 1. The fourth-order valence-electron chi connectivity index (χ4n) is 4.88. The molecule has 0 unspecified atom stereocenters. The SMILES string of the molecule is COc1ccc(F)c(C2CCC(COc3cccc([C@@H](CC(=O)Cl)C4CC4)c3)CC2)c1. The van der Waals surface area contributed by atoms with Crippen LogP contribution in [0.3, 0.4) is 0 Å². The molecule has 2 aromatic rings. The molecule has 5 heteroatoms. The van der Waals surface area contributed by atoms with Gasteiger partial charge in [0.05, 0.1) is 13.7 Å². The Hall–Kier alpha value is -2.07. The van der Waals surface area contributed by atoms with Crippen LogP contribution in [0.4, 0.5) is 4.39 Å². The first-order chi connectivity index (χ1) is 15.0. The Labute approximate surface area is 188 Å². The highest BCUT2D eigenvalue weighted by Crippen LogP contribution is 2.45. The Morgan fingerprint density at radius 3 is 2.52 bits per heavy atom. The summed E-state index contributed by atoms with van der Waals surface area (Å²) in [4.78, 5) is 11.5. The Bertz CT molecular complexity index is 903. The van der Waals surface area contributed by atoms with E-state index >= 15 is 0 Å². The lowest BCUT2D eigenvalue weighted by Crippen LogP contribution is -2.20. The van der Waals surface area contributed by atoms with E-state index in [0.717, 1.165) is 55.4 Å². The minimum absolute atomic E-state index is 0.141. The molecule has 2 fully saturated rings. The number of halogens is 2. The molecule has 31 heavy (non-hydrogen) atoms. The molecule has 3 nitrogen and oxygen atoms in total. The summed E-state index contributed by atoms with van der Waals surface area (Å²) in [6.07, 6.45) is 6.67. The normalized spacial score (nSPS) is 22.0. The fraction of sp³-hybridized carbons (Fsp3) is 0.500.